The molecular formula is C12H6Cl3N4O2-. The lowest BCUT2D eigenvalue weighted by Crippen LogP contribution is -2.24. The summed E-state index contributed by atoms with van der Waals surface area (Å²) in [5.41, 5.74) is 2.75. The molecule has 2 aromatic heterocycles. The second-order valence-corrected chi connectivity index (χ2v) is 4.81. The number of hydrogen-bond donors (Lipinski definition) is 1. The highest BCUT2D eigenvalue weighted by molar-refractivity contribution is 6.46. The van der Waals surface area contributed by atoms with E-state index in [1.807, 2.05) is 0 Å². The molecule has 0 aliphatic rings. The number of carbonyl (C=O) groups is 1. The summed E-state index contributed by atoms with van der Waals surface area (Å²) in [4.78, 5) is 18.3. The van der Waals surface area contributed by atoms with Gasteiger partial charge in [0.15, 0.2) is 5.15 Å². The lowest BCUT2D eigenvalue weighted by Gasteiger charge is -2.12. The quantitative estimate of drug-likeness (QED) is 0.522. The van der Waals surface area contributed by atoms with Crippen LogP contribution in [0.3, 0.4) is 0 Å². The van der Waals surface area contributed by atoms with E-state index in [0.29, 0.717) is 0 Å². The fraction of sp³-hybridized carbons (Fsp3) is 0. The lowest BCUT2D eigenvalue weighted by atomic mass is 10.3. The zero-order valence-electron chi connectivity index (χ0n) is 10.2. The summed E-state index contributed by atoms with van der Waals surface area (Å²) in [5, 5.41) is 14.3. The molecule has 0 unspecified atom stereocenters. The van der Waals surface area contributed by atoms with E-state index >= 15 is 0 Å². The zero-order chi connectivity index (χ0) is 15.4. The van der Waals surface area contributed by atoms with Gasteiger partial charge in [0.25, 0.3) is 0 Å². The van der Waals surface area contributed by atoms with Gasteiger partial charge in [-0.05, 0) is 6.07 Å². The van der Waals surface area contributed by atoms with Gasteiger partial charge < -0.3 is 9.90 Å². The first kappa shape index (κ1) is 15.5. The van der Waals surface area contributed by atoms with E-state index in [0.717, 1.165) is 5.56 Å². The minimum atomic E-state index is -1.57. The summed E-state index contributed by atoms with van der Waals surface area (Å²) in [5.74, 6) is -1.57. The SMILES string of the molecule is O=C([O-])c1nc(Cl)c(Cl)c(N/N=C\c2cccnc2)c1Cl. The van der Waals surface area contributed by atoms with E-state index in [4.69, 9.17) is 34.8 Å². The van der Waals surface area contributed by atoms with Crippen LogP contribution < -0.4 is 10.5 Å². The molecule has 1 N–H and O–H groups in total. The average molecular weight is 345 g/mol. The summed E-state index contributed by atoms with van der Waals surface area (Å²) in [7, 11) is 0. The summed E-state index contributed by atoms with van der Waals surface area (Å²) < 4.78 is 0. The Labute approximate surface area is 134 Å². The van der Waals surface area contributed by atoms with Gasteiger partial charge in [0.05, 0.1) is 22.9 Å². The molecule has 2 rings (SSSR count). The number of aromatic nitrogens is 2. The highest BCUT2D eigenvalue weighted by Gasteiger charge is 2.16. The molecule has 2 aromatic rings. The minimum Gasteiger partial charge on any atom is -0.543 e. The number of halogens is 3. The Hall–Kier alpha value is -1.89. The van der Waals surface area contributed by atoms with Crippen LogP contribution in [-0.2, 0) is 0 Å². The smallest absolute Gasteiger partial charge is 0.150 e. The zero-order valence-corrected chi connectivity index (χ0v) is 12.4. The molecule has 0 atom stereocenters. The van der Waals surface area contributed by atoms with Crippen LogP contribution in [0.5, 0.6) is 0 Å². The first-order valence-corrected chi connectivity index (χ1v) is 6.59. The molecule has 21 heavy (non-hydrogen) atoms. The highest BCUT2D eigenvalue weighted by atomic mass is 35.5. The van der Waals surface area contributed by atoms with E-state index in [-0.39, 0.29) is 20.9 Å². The van der Waals surface area contributed by atoms with Crippen molar-refractivity contribution in [1.29, 1.82) is 0 Å². The van der Waals surface area contributed by atoms with E-state index in [1.54, 1.807) is 24.5 Å². The van der Waals surface area contributed by atoms with E-state index in [9.17, 15) is 9.90 Å². The molecule has 0 aliphatic carbocycles. The number of nitrogens with one attached hydrogen (secondary N) is 1. The Balaban J connectivity index is 2.31. The number of aromatic carboxylic acids is 1. The summed E-state index contributed by atoms with van der Waals surface area (Å²) in [6.45, 7) is 0. The number of carboxylic acids is 1. The van der Waals surface area contributed by atoms with E-state index in [1.165, 1.54) is 6.21 Å². The van der Waals surface area contributed by atoms with Crippen molar-refractivity contribution in [2.75, 3.05) is 5.43 Å². The molecule has 0 fully saturated rings. The van der Waals surface area contributed by atoms with Gasteiger partial charge in [-0.1, -0.05) is 40.9 Å². The van der Waals surface area contributed by atoms with Crippen molar-refractivity contribution in [3.8, 4) is 0 Å². The number of carboxylic acid groups (broad SMARTS) is 1. The maximum Gasteiger partial charge on any atom is 0.150 e. The van der Waals surface area contributed by atoms with Gasteiger partial charge in [-0.2, -0.15) is 5.10 Å². The molecule has 108 valence electrons. The Morgan fingerprint density at radius 3 is 2.71 bits per heavy atom. The van der Waals surface area contributed by atoms with Gasteiger partial charge in [-0.15, -0.1) is 0 Å². The maximum absolute atomic E-state index is 10.9. The molecule has 0 aliphatic heterocycles. The van der Waals surface area contributed by atoms with Crippen molar-refractivity contribution in [3.05, 3.63) is 51.0 Å². The third-order valence-corrected chi connectivity index (χ3v) is 3.41. The molecule has 9 heteroatoms. The van der Waals surface area contributed by atoms with Gasteiger partial charge in [0.2, 0.25) is 0 Å². The topological polar surface area (TPSA) is 90.3 Å². The van der Waals surface area contributed by atoms with Crippen LogP contribution in [-0.4, -0.2) is 22.2 Å². The first-order chi connectivity index (χ1) is 10.0. The molecule has 2 heterocycles. The molecule has 0 saturated heterocycles. The third kappa shape index (κ3) is 3.60. The van der Waals surface area contributed by atoms with Crippen LogP contribution in [0.25, 0.3) is 0 Å². The van der Waals surface area contributed by atoms with Crippen LogP contribution >= 0.6 is 34.8 Å². The van der Waals surface area contributed by atoms with Crippen LogP contribution in [0.15, 0.2) is 29.6 Å². The Morgan fingerprint density at radius 1 is 1.33 bits per heavy atom. The van der Waals surface area contributed by atoms with Crippen LogP contribution in [0.2, 0.25) is 15.2 Å². The highest BCUT2D eigenvalue weighted by Crippen LogP contribution is 2.36. The predicted molar refractivity (Wildman–Crippen MR) is 79.1 cm³/mol. The van der Waals surface area contributed by atoms with Crippen LogP contribution in [0, 0.1) is 0 Å². The summed E-state index contributed by atoms with van der Waals surface area (Å²) in [6, 6.07) is 3.51. The third-order valence-electron chi connectivity index (χ3n) is 2.31. The van der Waals surface area contributed by atoms with Crippen molar-refractivity contribution in [3.63, 3.8) is 0 Å². The fourth-order valence-electron chi connectivity index (χ4n) is 1.37. The summed E-state index contributed by atoms with van der Waals surface area (Å²) >= 11 is 17.5. The molecule has 0 bridgehead atoms. The maximum atomic E-state index is 10.9. The minimum absolute atomic E-state index is 0.0256. The van der Waals surface area contributed by atoms with Gasteiger partial charge >= 0.3 is 0 Å². The van der Waals surface area contributed by atoms with Crippen LogP contribution in [0.4, 0.5) is 5.69 Å². The predicted octanol–water partition coefficient (Wildman–Crippen LogP) is 2.25. The number of hydrogen-bond acceptors (Lipinski definition) is 6. The van der Waals surface area contributed by atoms with Crippen molar-refractivity contribution in [1.82, 2.24) is 9.97 Å². The number of anilines is 1. The Morgan fingerprint density at radius 2 is 2.10 bits per heavy atom. The molecule has 0 aromatic carbocycles. The standard InChI is InChI=1S/C12H7Cl3N4O2/c13-7-9(8(14)11(15)18-10(7)12(20)21)19-17-5-6-2-1-3-16-4-6/h1-5H,(H,18,19)(H,20,21)/p-1/b17-5-. The Bertz CT molecular complexity index is 707. The number of carbonyl (C=O) groups excluding carboxylic acids is 1. The Kier molecular flexibility index (Phi) is 4.95. The lowest BCUT2D eigenvalue weighted by molar-refractivity contribution is -0.255. The monoisotopic (exact) mass is 343 g/mol. The van der Waals surface area contributed by atoms with Gasteiger partial charge in [0.1, 0.15) is 10.7 Å². The molecule has 0 amide bonds. The second kappa shape index (κ2) is 6.71. The average Bonchev–Trinajstić information content (AvgIpc) is 2.47. The van der Waals surface area contributed by atoms with Crippen molar-refractivity contribution in [2.45, 2.75) is 0 Å². The van der Waals surface area contributed by atoms with Crippen LogP contribution in [0.1, 0.15) is 16.1 Å². The normalized spacial score (nSPS) is 10.8. The van der Waals surface area contributed by atoms with Crippen molar-refractivity contribution in [2.24, 2.45) is 5.10 Å². The van der Waals surface area contributed by atoms with E-state index < -0.39 is 11.7 Å². The largest absolute Gasteiger partial charge is 0.543 e. The number of pyridine rings is 2. The fourth-order valence-corrected chi connectivity index (χ4v) is 2.03. The summed E-state index contributed by atoms with van der Waals surface area (Å²) in [6.07, 6.45) is 4.65. The van der Waals surface area contributed by atoms with Gasteiger partial charge in [-0.3, -0.25) is 10.4 Å². The molecule has 6 nitrogen and oxygen atoms in total. The van der Waals surface area contributed by atoms with Crippen molar-refractivity contribution >= 4 is 52.7 Å². The van der Waals surface area contributed by atoms with E-state index in [2.05, 4.69) is 20.5 Å². The molecule has 0 saturated carbocycles. The van der Waals surface area contributed by atoms with Crippen molar-refractivity contribution < 1.29 is 9.90 Å². The number of rotatable bonds is 4. The number of hydrazone groups is 1. The molecule has 0 radical (unpaired) electrons. The second-order valence-electron chi connectivity index (χ2n) is 3.70. The van der Waals surface area contributed by atoms with Gasteiger partial charge in [-0.25, -0.2) is 4.98 Å². The number of nitrogens with zero attached hydrogens (tertiary/aromatic N) is 3. The molecule has 0 spiro atoms. The van der Waals surface area contributed by atoms with Gasteiger partial charge in [0, 0.05) is 18.0 Å². The first-order valence-electron chi connectivity index (χ1n) is 5.45. The molecular weight excluding hydrogens is 339 g/mol.